The summed E-state index contributed by atoms with van der Waals surface area (Å²) in [5, 5.41) is 0. The number of nitrogens with two attached hydrogens (primary N) is 1. The Morgan fingerprint density at radius 3 is 2.20 bits per heavy atom. The van der Waals surface area contributed by atoms with Crippen LogP contribution in [0.4, 0.5) is 5.69 Å². The number of hydrogen-bond donors (Lipinski definition) is 1. The van der Waals surface area contributed by atoms with E-state index < -0.39 is 5.91 Å². The molecule has 2 rings (SSSR count). The largest absolute Gasteiger partial charge is 0.484 e. The molecule has 2 amide bonds. The molecule has 0 radical (unpaired) electrons. The van der Waals surface area contributed by atoms with Gasteiger partial charge < -0.3 is 15.4 Å². The van der Waals surface area contributed by atoms with Crippen LogP contribution in [0.3, 0.4) is 0 Å². The molecule has 0 saturated heterocycles. The molecule has 0 aromatic heterocycles. The second-order valence-electron chi connectivity index (χ2n) is 5.47. The minimum atomic E-state index is -0.477. The van der Waals surface area contributed by atoms with Gasteiger partial charge in [-0.25, -0.2) is 0 Å². The van der Waals surface area contributed by atoms with Gasteiger partial charge in [0, 0.05) is 24.2 Å². The maximum absolute atomic E-state index is 12.5. The Balaban J connectivity index is 2.03. The molecule has 2 aromatic carbocycles. The summed E-state index contributed by atoms with van der Waals surface area (Å²) >= 11 is 0. The molecule has 0 fully saturated rings. The van der Waals surface area contributed by atoms with Gasteiger partial charge in [-0.2, -0.15) is 0 Å². The molecule has 0 spiro atoms. The highest BCUT2D eigenvalue weighted by Crippen LogP contribution is 2.16. The molecule has 0 atom stereocenters. The van der Waals surface area contributed by atoms with E-state index in [9.17, 15) is 14.4 Å². The summed E-state index contributed by atoms with van der Waals surface area (Å²) in [5.74, 6) is -0.317. The van der Waals surface area contributed by atoms with E-state index in [0.29, 0.717) is 17.0 Å². The van der Waals surface area contributed by atoms with Crippen LogP contribution in [0.1, 0.15) is 23.7 Å². The number of amides is 2. The van der Waals surface area contributed by atoms with Gasteiger partial charge in [0.1, 0.15) is 5.75 Å². The standard InChI is InChI=1S/C19H20N2O4/c1-14(22)15-7-9-17(10-8-15)25-13-19(24)21(12-11-18(20)23)16-5-3-2-4-6-16/h2-10H,11-13H2,1H3,(H2,20,23). The van der Waals surface area contributed by atoms with Gasteiger partial charge in [-0.15, -0.1) is 0 Å². The van der Waals surface area contributed by atoms with Crippen molar-refractivity contribution in [2.24, 2.45) is 5.73 Å². The third kappa shape index (κ3) is 5.46. The SMILES string of the molecule is CC(=O)c1ccc(OCC(=O)N(CCC(N)=O)c2ccccc2)cc1. The number of carbonyl (C=O) groups is 3. The predicted octanol–water partition coefficient (Wildman–Crippen LogP) is 2.18. The average Bonchev–Trinajstić information content (AvgIpc) is 2.61. The van der Waals surface area contributed by atoms with E-state index in [1.54, 1.807) is 48.5 Å². The van der Waals surface area contributed by atoms with E-state index >= 15 is 0 Å². The Kier molecular flexibility index (Phi) is 6.28. The Bertz CT molecular complexity index is 742. The van der Waals surface area contributed by atoms with Crippen LogP contribution in [-0.2, 0) is 9.59 Å². The van der Waals surface area contributed by atoms with Crippen molar-refractivity contribution in [1.82, 2.24) is 0 Å². The van der Waals surface area contributed by atoms with E-state index in [1.165, 1.54) is 11.8 Å². The fourth-order valence-electron chi connectivity index (χ4n) is 2.24. The lowest BCUT2D eigenvalue weighted by Gasteiger charge is -2.22. The van der Waals surface area contributed by atoms with Crippen molar-refractivity contribution in [3.63, 3.8) is 0 Å². The first kappa shape index (κ1) is 18.2. The number of carbonyl (C=O) groups excluding carboxylic acids is 3. The topological polar surface area (TPSA) is 89.7 Å². The number of ether oxygens (including phenoxy) is 1. The smallest absolute Gasteiger partial charge is 0.264 e. The summed E-state index contributed by atoms with van der Waals surface area (Å²) in [4.78, 5) is 36.3. The molecule has 0 saturated carbocycles. The molecule has 130 valence electrons. The number of primary amides is 1. The van der Waals surface area contributed by atoms with Gasteiger partial charge in [-0.1, -0.05) is 18.2 Å². The van der Waals surface area contributed by atoms with Gasteiger partial charge in [0.25, 0.3) is 5.91 Å². The van der Waals surface area contributed by atoms with Crippen LogP contribution in [0.15, 0.2) is 54.6 Å². The van der Waals surface area contributed by atoms with Crippen LogP contribution in [0.25, 0.3) is 0 Å². The maximum atomic E-state index is 12.5. The number of para-hydroxylation sites is 1. The van der Waals surface area contributed by atoms with Crippen molar-refractivity contribution >= 4 is 23.3 Å². The van der Waals surface area contributed by atoms with Crippen LogP contribution in [0.5, 0.6) is 5.75 Å². The average molecular weight is 340 g/mol. The molecule has 0 heterocycles. The molecule has 0 unspecified atom stereocenters. The summed E-state index contributed by atoms with van der Waals surface area (Å²) in [6, 6.07) is 15.6. The molecule has 6 heteroatoms. The van der Waals surface area contributed by atoms with Crippen LogP contribution < -0.4 is 15.4 Å². The summed E-state index contributed by atoms with van der Waals surface area (Å²) in [5.41, 5.74) is 6.43. The lowest BCUT2D eigenvalue weighted by molar-refractivity contribution is -0.120. The van der Waals surface area contributed by atoms with Gasteiger partial charge in [-0.05, 0) is 43.3 Å². The van der Waals surface area contributed by atoms with E-state index in [2.05, 4.69) is 0 Å². The lowest BCUT2D eigenvalue weighted by Crippen LogP contribution is -2.37. The minimum Gasteiger partial charge on any atom is -0.484 e. The number of rotatable bonds is 8. The van der Waals surface area contributed by atoms with Crippen molar-refractivity contribution in [1.29, 1.82) is 0 Å². The van der Waals surface area contributed by atoms with Crippen LogP contribution >= 0.6 is 0 Å². The molecule has 0 aliphatic rings. The highest BCUT2D eigenvalue weighted by atomic mass is 16.5. The first-order valence-electron chi connectivity index (χ1n) is 7.85. The number of anilines is 1. The molecular formula is C19H20N2O4. The third-order valence-corrected chi connectivity index (χ3v) is 3.57. The molecule has 25 heavy (non-hydrogen) atoms. The van der Waals surface area contributed by atoms with Gasteiger partial charge in [0.15, 0.2) is 12.4 Å². The van der Waals surface area contributed by atoms with Crippen molar-refractivity contribution in [2.45, 2.75) is 13.3 Å². The molecular weight excluding hydrogens is 320 g/mol. The van der Waals surface area contributed by atoms with Crippen LogP contribution in [0, 0.1) is 0 Å². The molecule has 2 aromatic rings. The van der Waals surface area contributed by atoms with Gasteiger partial charge in [0.05, 0.1) is 0 Å². The number of hydrogen-bond acceptors (Lipinski definition) is 4. The zero-order valence-electron chi connectivity index (χ0n) is 14.0. The Morgan fingerprint density at radius 1 is 1.00 bits per heavy atom. The van der Waals surface area contributed by atoms with Crippen molar-refractivity contribution in [3.8, 4) is 5.75 Å². The minimum absolute atomic E-state index is 0.0377. The fourth-order valence-corrected chi connectivity index (χ4v) is 2.24. The quantitative estimate of drug-likeness (QED) is 0.746. The number of ketones is 1. The van der Waals surface area contributed by atoms with Gasteiger partial charge in [-0.3, -0.25) is 14.4 Å². The summed E-state index contributed by atoms with van der Waals surface area (Å²) in [6.07, 6.45) is 0.0634. The predicted molar refractivity (Wildman–Crippen MR) is 94.5 cm³/mol. The monoisotopic (exact) mass is 340 g/mol. The second kappa shape index (κ2) is 8.63. The molecule has 2 N–H and O–H groups in total. The molecule has 0 bridgehead atoms. The van der Waals surface area contributed by atoms with Gasteiger partial charge >= 0.3 is 0 Å². The summed E-state index contributed by atoms with van der Waals surface area (Å²) < 4.78 is 5.49. The van der Waals surface area contributed by atoms with Crippen LogP contribution in [-0.4, -0.2) is 30.7 Å². The van der Waals surface area contributed by atoms with Crippen LogP contribution in [0.2, 0.25) is 0 Å². The highest BCUT2D eigenvalue weighted by molar-refractivity contribution is 5.95. The molecule has 0 aliphatic carbocycles. The lowest BCUT2D eigenvalue weighted by atomic mass is 10.1. The Morgan fingerprint density at radius 2 is 1.64 bits per heavy atom. The molecule has 0 aliphatic heterocycles. The molecule has 6 nitrogen and oxygen atoms in total. The third-order valence-electron chi connectivity index (χ3n) is 3.57. The zero-order chi connectivity index (χ0) is 18.2. The summed E-state index contributed by atoms with van der Waals surface area (Å²) in [7, 11) is 0. The number of benzene rings is 2. The fraction of sp³-hybridized carbons (Fsp3) is 0.211. The van der Waals surface area contributed by atoms with E-state index in [-0.39, 0.29) is 31.3 Å². The van der Waals surface area contributed by atoms with Crippen molar-refractivity contribution in [2.75, 3.05) is 18.1 Å². The first-order chi connectivity index (χ1) is 12.0. The zero-order valence-corrected chi connectivity index (χ0v) is 14.0. The Hall–Kier alpha value is -3.15. The Labute approximate surface area is 146 Å². The maximum Gasteiger partial charge on any atom is 0.264 e. The highest BCUT2D eigenvalue weighted by Gasteiger charge is 2.17. The van der Waals surface area contributed by atoms with E-state index in [4.69, 9.17) is 10.5 Å². The van der Waals surface area contributed by atoms with E-state index in [0.717, 1.165) is 0 Å². The van der Waals surface area contributed by atoms with E-state index in [1.807, 2.05) is 6.07 Å². The normalized spacial score (nSPS) is 10.1. The first-order valence-corrected chi connectivity index (χ1v) is 7.85. The van der Waals surface area contributed by atoms with Gasteiger partial charge in [0.2, 0.25) is 5.91 Å². The number of nitrogens with zero attached hydrogens (tertiary/aromatic N) is 1. The van der Waals surface area contributed by atoms with Crippen molar-refractivity contribution in [3.05, 3.63) is 60.2 Å². The number of Topliss-reactive ketones (excluding diaryl/α,β-unsaturated/α-hetero) is 1. The summed E-state index contributed by atoms with van der Waals surface area (Å²) in [6.45, 7) is 1.48. The van der Waals surface area contributed by atoms with Crippen molar-refractivity contribution < 1.29 is 19.1 Å². The second-order valence-corrected chi connectivity index (χ2v) is 5.47.